The number of piperazine rings is 1. The van der Waals surface area contributed by atoms with E-state index in [4.69, 9.17) is 9.72 Å². The number of fused-ring (bicyclic) bond motifs is 2. The SMILES string of the molecule is CC(=O)c1c(C)c2cnc(Nc3ccc(N4CCN(CC(=O)CCCCCCCCCNC(=O)COc5cccc6c5C(=O)N(C5CCC(=O)NC5=O)C6=O)CC4)cn3)nc2n(C2CCCC2)c1=O. The Balaban J connectivity index is 0.676. The topological polar surface area (TPSA) is 235 Å². The number of benzene rings is 1. The molecule has 1 aliphatic carbocycles. The van der Waals surface area contributed by atoms with Gasteiger partial charge >= 0.3 is 0 Å². The minimum absolute atomic E-state index is 0.000363. The molecule has 3 aromatic heterocycles. The van der Waals surface area contributed by atoms with Gasteiger partial charge in [0.05, 0.1) is 35.1 Å². The third kappa shape index (κ3) is 11.2. The molecule has 1 unspecified atom stereocenters. The fraction of sp³-hybridized carbons (Fsp3) is 0.500. The zero-order valence-corrected chi connectivity index (χ0v) is 39.4. The van der Waals surface area contributed by atoms with Crippen molar-refractivity contribution in [2.24, 2.45) is 0 Å². The number of nitrogens with one attached hydrogen (secondary N) is 3. The number of hydrogen-bond acceptors (Lipinski definition) is 15. The fourth-order valence-corrected chi connectivity index (χ4v) is 9.92. The maximum absolute atomic E-state index is 13.6. The molecular formula is C50H60N10O9. The molecule has 0 bridgehead atoms. The molecule has 69 heavy (non-hydrogen) atoms. The summed E-state index contributed by atoms with van der Waals surface area (Å²) in [5.41, 5.74) is 2.11. The second kappa shape index (κ2) is 22.0. The molecule has 6 heterocycles. The number of aromatic nitrogens is 4. The minimum Gasteiger partial charge on any atom is -0.483 e. The molecule has 1 saturated carbocycles. The van der Waals surface area contributed by atoms with Crippen LogP contribution in [-0.4, -0.2) is 122 Å². The molecule has 0 spiro atoms. The van der Waals surface area contributed by atoms with Crippen LogP contribution in [0.2, 0.25) is 0 Å². The van der Waals surface area contributed by atoms with Crippen LogP contribution in [0.5, 0.6) is 5.75 Å². The van der Waals surface area contributed by atoms with E-state index in [0.29, 0.717) is 47.9 Å². The van der Waals surface area contributed by atoms with E-state index < -0.39 is 29.7 Å². The first kappa shape index (κ1) is 48.6. The lowest BCUT2D eigenvalue weighted by Crippen LogP contribution is -2.54. The van der Waals surface area contributed by atoms with Gasteiger partial charge in [-0.2, -0.15) is 4.98 Å². The lowest BCUT2D eigenvalue weighted by atomic mass is 10.0. The fourth-order valence-electron chi connectivity index (χ4n) is 9.92. The Labute approximate surface area is 399 Å². The lowest BCUT2D eigenvalue weighted by Gasteiger charge is -2.35. The highest BCUT2D eigenvalue weighted by molar-refractivity contribution is 6.24. The zero-order valence-electron chi connectivity index (χ0n) is 39.4. The van der Waals surface area contributed by atoms with Crippen molar-refractivity contribution in [3.05, 3.63) is 75.3 Å². The van der Waals surface area contributed by atoms with E-state index >= 15 is 0 Å². The number of ether oxygens (including phenoxy) is 1. The Morgan fingerprint density at radius 3 is 2.29 bits per heavy atom. The van der Waals surface area contributed by atoms with E-state index in [2.05, 4.69) is 35.7 Å². The van der Waals surface area contributed by atoms with E-state index in [1.54, 1.807) is 23.8 Å². The lowest BCUT2D eigenvalue weighted by molar-refractivity contribution is -0.136. The number of pyridine rings is 2. The summed E-state index contributed by atoms with van der Waals surface area (Å²) in [6, 6.07) is 7.30. The normalized spacial score (nSPS) is 17.6. The summed E-state index contributed by atoms with van der Waals surface area (Å²) in [6.45, 7) is 6.91. The van der Waals surface area contributed by atoms with Crippen molar-refractivity contribution in [3.8, 4) is 5.75 Å². The van der Waals surface area contributed by atoms with Crippen LogP contribution in [-0.2, 0) is 19.2 Å². The van der Waals surface area contributed by atoms with Crippen molar-refractivity contribution in [1.82, 2.24) is 40.0 Å². The molecule has 2 saturated heterocycles. The first-order valence-corrected chi connectivity index (χ1v) is 24.3. The van der Waals surface area contributed by atoms with Gasteiger partial charge in [-0.3, -0.25) is 58.0 Å². The molecule has 1 aromatic carbocycles. The van der Waals surface area contributed by atoms with Gasteiger partial charge in [0.25, 0.3) is 23.3 Å². The van der Waals surface area contributed by atoms with E-state index in [0.717, 1.165) is 107 Å². The summed E-state index contributed by atoms with van der Waals surface area (Å²) in [5, 5.41) is 8.88. The predicted octanol–water partition coefficient (Wildman–Crippen LogP) is 4.96. The summed E-state index contributed by atoms with van der Waals surface area (Å²) < 4.78 is 7.36. The van der Waals surface area contributed by atoms with Crippen molar-refractivity contribution >= 4 is 69.6 Å². The quantitative estimate of drug-likeness (QED) is 0.0569. The Kier molecular flexibility index (Phi) is 15.5. The van der Waals surface area contributed by atoms with Gasteiger partial charge in [0.2, 0.25) is 17.8 Å². The number of carbonyl (C=O) groups is 7. The number of unbranched alkanes of at least 4 members (excludes halogenated alkanes) is 6. The first-order chi connectivity index (χ1) is 33.4. The third-order valence-electron chi connectivity index (χ3n) is 13.6. The predicted molar refractivity (Wildman–Crippen MR) is 256 cm³/mol. The molecule has 5 amide bonds. The van der Waals surface area contributed by atoms with Gasteiger partial charge < -0.3 is 20.3 Å². The number of amides is 5. The smallest absolute Gasteiger partial charge is 0.266 e. The van der Waals surface area contributed by atoms with Crippen LogP contribution in [0.1, 0.15) is 139 Å². The second-order valence-electron chi connectivity index (χ2n) is 18.4. The summed E-state index contributed by atoms with van der Waals surface area (Å²) in [6.07, 6.45) is 14.6. The maximum atomic E-state index is 13.6. The summed E-state index contributed by atoms with van der Waals surface area (Å²) >= 11 is 0. The number of nitrogens with zero attached hydrogens (tertiary/aromatic N) is 7. The van der Waals surface area contributed by atoms with E-state index in [1.165, 1.54) is 19.1 Å². The van der Waals surface area contributed by atoms with Crippen LogP contribution in [0.15, 0.2) is 47.5 Å². The van der Waals surface area contributed by atoms with Crippen molar-refractivity contribution < 1.29 is 38.3 Å². The standard InChI is InChI=1S/C50H60N10O9/c1-31-37-28-53-50(56-45(37)59(33-13-9-10-14-33)48(67)43(31)32(2)61)54-40-20-18-34(27-52-40)58-25-23-57(24-26-58)29-35(62)15-8-6-4-3-5-7-11-22-51-42(64)30-69-39-17-12-16-36-44(39)49(68)60(47(36)66)38-19-21-41(63)55-46(38)65/h12,16-18,20,27-28,33,38H,3-11,13-15,19,21-26,29-30H2,1-2H3,(H,51,64)(H,55,63,65)(H,52,53,54,56). The van der Waals surface area contributed by atoms with E-state index in [1.807, 2.05) is 18.3 Å². The molecule has 3 fully saturated rings. The van der Waals surface area contributed by atoms with Gasteiger partial charge in [0.1, 0.15) is 29.0 Å². The molecule has 8 rings (SSSR count). The minimum atomic E-state index is -1.09. The number of imide groups is 2. The van der Waals surface area contributed by atoms with Crippen LogP contribution in [0.4, 0.5) is 17.5 Å². The van der Waals surface area contributed by atoms with E-state index in [-0.39, 0.29) is 71.0 Å². The molecular weight excluding hydrogens is 885 g/mol. The van der Waals surface area contributed by atoms with Gasteiger partial charge in [-0.25, -0.2) is 9.97 Å². The molecule has 3 aliphatic heterocycles. The molecule has 4 aromatic rings. The van der Waals surface area contributed by atoms with Crippen LogP contribution >= 0.6 is 0 Å². The number of anilines is 3. The van der Waals surface area contributed by atoms with Crippen molar-refractivity contribution in [2.45, 2.75) is 116 Å². The molecule has 0 radical (unpaired) electrons. The van der Waals surface area contributed by atoms with Crippen molar-refractivity contribution in [2.75, 3.05) is 56.1 Å². The summed E-state index contributed by atoms with van der Waals surface area (Å²) in [7, 11) is 0. The van der Waals surface area contributed by atoms with Crippen LogP contribution in [0.3, 0.4) is 0 Å². The van der Waals surface area contributed by atoms with Crippen molar-refractivity contribution in [3.63, 3.8) is 0 Å². The second-order valence-corrected chi connectivity index (χ2v) is 18.4. The maximum Gasteiger partial charge on any atom is 0.266 e. The Hall–Kier alpha value is -6.89. The molecule has 3 N–H and O–H groups in total. The van der Waals surface area contributed by atoms with Gasteiger partial charge in [0, 0.05) is 63.2 Å². The van der Waals surface area contributed by atoms with Gasteiger partial charge in [-0.05, 0) is 75.8 Å². The average molecular weight is 945 g/mol. The Morgan fingerprint density at radius 1 is 0.841 bits per heavy atom. The molecule has 364 valence electrons. The molecule has 19 heteroatoms. The number of hydrogen-bond donors (Lipinski definition) is 3. The number of ketones is 2. The van der Waals surface area contributed by atoms with Crippen LogP contribution in [0, 0.1) is 6.92 Å². The number of Topliss-reactive ketones (excluding diaryl/α,β-unsaturated/α-hetero) is 2. The molecule has 1 atom stereocenters. The van der Waals surface area contributed by atoms with Gasteiger partial charge in [-0.15, -0.1) is 0 Å². The van der Waals surface area contributed by atoms with Gasteiger partial charge in [-0.1, -0.05) is 51.0 Å². The summed E-state index contributed by atoms with van der Waals surface area (Å²) in [5.74, 6) is -1.87. The third-order valence-corrected chi connectivity index (χ3v) is 13.6. The highest BCUT2D eigenvalue weighted by Gasteiger charge is 2.46. The number of piperidine rings is 1. The van der Waals surface area contributed by atoms with E-state index in [9.17, 15) is 38.4 Å². The average Bonchev–Trinajstić information content (AvgIpc) is 3.95. The number of rotatable bonds is 21. The number of aryl methyl sites for hydroxylation is 1. The first-order valence-electron chi connectivity index (χ1n) is 24.3. The van der Waals surface area contributed by atoms with Gasteiger partial charge in [0.15, 0.2) is 12.4 Å². The molecule has 19 nitrogen and oxygen atoms in total. The molecule has 4 aliphatic rings. The van der Waals surface area contributed by atoms with Crippen LogP contribution < -0.4 is 31.1 Å². The largest absolute Gasteiger partial charge is 0.483 e. The highest BCUT2D eigenvalue weighted by atomic mass is 16.5. The van der Waals surface area contributed by atoms with Crippen molar-refractivity contribution in [1.29, 1.82) is 0 Å². The highest BCUT2D eigenvalue weighted by Crippen LogP contribution is 2.34. The monoisotopic (exact) mass is 944 g/mol. The Bertz CT molecular complexity index is 2690. The summed E-state index contributed by atoms with van der Waals surface area (Å²) in [4.78, 5) is 121. The Morgan fingerprint density at radius 2 is 1.58 bits per heavy atom. The number of carbonyl (C=O) groups excluding carboxylic acids is 7. The van der Waals surface area contributed by atoms with Crippen LogP contribution in [0.25, 0.3) is 11.0 Å². The zero-order chi connectivity index (χ0) is 48.6.